The average molecular weight is 330 g/mol. The lowest BCUT2D eigenvalue weighted by Gasteiger charge is -2.15. The van der Waals surface area contributed by atoms with Gasteiger partial charge in [-0.2, -0.15) is 0 Å². The Morgan fingerprint density at radius 2 is 2.22 bits per heavy atom. The van der Waals surface area contributed by atoms with Gasteiger partial charge < -0.3 is 9.64 Å². The molecule has 1 aliphatic heterocycles. The molecule has 0 spiro atoms. The Kier molecular flexibility index (Phi) is 4.88. The number of benzene rings is 1. The first kappa shape index (κ1) is 15.5. The Morgan fingerprint density at radius 3 is 3.00 bits per heavy atom. The maximum atomic E-state index is 12.2. The van der Waals surface area contributed by atoms with Gasteiger partial charge in [0.25, 0.3) is 0 Å². The zero-order valence-corrected chi connectivity index (χ0v) is 13.2. The molecule has 5 nitrogen and oxygen atoms in total. The molecule has 2 heterocycles. The lowest BCUT2D eigenvalue weighted by atomic mass is 10.2. The summed E-state index contributed by atoms with van der Waals surface area (Å²) in [5.41, 5.74) is 0.828. The van der Waals surface area contributed by atoms with Crippen molar-refractivity contribution < 1.29 is 9.53 Å². The Morgan fingerprint density at radius 1 is 1.35 bits per heavy atom. The van der Waals surface area contributed by atoms with Crippen LogP contribution in [-0.2, 0) is 4.79 Å². The van der Waals surface area contributed by atoms with Crippen LogP contribution in [0.4, 0.5) is 0 Å². The van der Waals surface area contributed by atoms with Gasteiger partial charge in [0.05, 0.1) is 12.7 Å². The highest BCUT2D eigenvalue weighted by molar-refractivity contribution is 6.32. The average Bonchev–Trinajstić information content (AvgIpc) is 3.03. The number of halogens is 1. The molecule has 118 valence electrons. The number of hydrogen-bond acceptors (Lipinski definition) is 4. The van der Waals surface area contributed by atoms with Crippen molar-refractivity contribution in [2.75, 3.05) is 13.1 Å². The van der Waals surface area contributed by atoms with E-state index in [4.69, 9.17) is 16.3 Å². The third-order valence-corrected chi connectivity index (χ3v) is 3.94. The fourth-order valence-corrected chi connectivity index (χ4v) is 2.62. The summed E-state index contributed by atoms with van der Waals surface area (Å²) in [5, 5.41) is 0.627. The minimum absolute atomic E-state index is 0.0461. The molecule has 6 heteroatoms. The van der Waals surface area contributed by atoms with Crippen molar-refractivity contribution in [1.82, 2.24) is 14.9 Å². The van der Waals surface area contributed by atoms with Crippen LogP contribution in [-0.4, -0.2) is 40.0 Å². The van der Waals surface area contributed by atoms with Gasteiger partial charge in [-0.15, -0.1) is 0 Å². The van der Waals surface area contributed by atoms with Gasteiger partial charge >= 0.3 is 0 Å². The number of hydrogen-bond donors (Lipinski definition) is 0. The molecule has 2 aromatic rings. The molecule has 1 aromatic heterocycles. The van der Waals surface area contributed by atoms with Gasteiger partial charge in [-0.1, -0.05) is 29.8 Å². The van der Waals surface area contributed by atoms with Crippen molar-refractivity contribution in [3.63, 3.8) is 0 Å². The summed E-state index contributed by atoms with van der Waals surface area (Å²) in [7, 11) is 0. The Balaban J connectivity index is 1.56. The highest BCUT2D eigenvalue weighted by Crippen LogP contribution is 2.18. The Labute approximate surface area is 139 Å². The first-order valence-electron chi connectivity index (χ1n) is 7.36. The monoisotopic (exact) mass is 329 g/mol. The van der Waals surface area contributed by atoms with Gasteiger partial charge in [0, 0.05) is 36.5 Å². The van der Waals surface area contributed by atoms with Gasteiger partial charge in [0.1, 0.15) is 6.10 Å². The second kappa shape index (κ2) is 7.24. The molecular formula is C17H16ClN3O2. The van der Waals surface area contributed by atoms with Crippen LogP contribution in [0.1, 0.15) is 12.0 Å². The van der Waals surface area contributed by atoms with E-state index in [1.165, 1.54) is 0 Å². The Hall–Kier alpha value is -2.40. The van der Waals surface area contributed by atoms with E-state index in [0.717, 1.165) is 12.0 Å². The van der Waals surface area contributed by atoms with Crippen LogP contribution in [0.2, 0.25) is 5.02 Å². The maximum Gasteiger partial charge on any atom is 0.246 e. The number of aromatic nitrogens is 2. The zero-order chi connectivity index (χ0) is 16.1. The van der Waals surface area contributed by atoms with Crippen molar-refractivity contribution in [2.24, 2.45) is 0 Å². The molecule has 0 N–H and O–H groups in total. The lowest BCUT2D eigenvalue weighted by Crippen LogP contribution is -2.29. The molecule has 1 atom stereocenters. The number of likely N-dealkylation sites (tertiary alicyclic amines) is 1. The van der Waals surface area contributed by atoms with Crippen LogP contribution in [0.5, 0.6) is 5.88 Å². The van der Waals surface area contributed by atoms with E-state index in [-0.39, 0.29) is 12.0 Å². The summed E-state index contributed by atoms with van der Waals surface area (Å²) in [5.74, 6) is 0.438. The van der Waals surface area contributed by atoms with E-state index in [0.29, 0.717) is 24.0 Å². The minimum atomic E-state index is -0.0515. The van der Waals surface area contributed by atoms with Crippen molar-refractivity contribution in [3.05, 3.63) is 59.5 Å². The lowest BCUT2D eigenvalue weighted by molar-refractivity contribution is -0.125. The van der Waals surface area contributed by atoms with Crippen molar-refractivity contribution in [3.8, 4) is 5.88 Å². The van der Waals surface area contributed by atoms with Crippen molar-refractivity contribution in [2.45, 2.75) is 12.5 Å². The van der Waals surface area contributed by atoms with E-state index < -0.39 is 0 Å². The zero-order valence-electron chi connectivity index (χ0n) is 12.4. The van der Waals surface area contributed by atoms with Gasteiger partial charge in [-0.25, -0.2) is 4.98 Å². The number of carbonyl (C=O) groups is 1. The highest BCUT2D eigenvalue weighted by atomic mass is 35.5. The smallest absolute Gasteiger partial charge is 0.246 e. The number of nitrogens with zero attached hydrogens (tertiary/aromatic N) is 3. The van der Waals surface area contributed by atoms with Crippen LogP contribution < -0.4 is 4.74 Å². The third-order valence-electron chi connectivity index (χ3n) is 3.59. The summed E-state index contributed by atoms with van der Waals surface area (Å²) in [6.45, 7) is 1.21. The second-order valence-corrected chi connectivity index (χ2v) is 5.62. The minimum Gasteiger partial charge on any atom is -0.471 e. The largest absolute Gasteiger partial charge is 0.471 e. The van der Waals surface area contributed by atoms with Crippen LogP contribution >= 0.6 is 11.6 Å². The van der Waals surface area contributed by atoms with Crippen LogP contribution in [0.15, 0.2) is 48.9 Å². The fourth-order valence-electron chi connectivity index (χ4n) is 2.42. The predicted molar refractivity (Wildman–Crippen MR) is 88.1 cm³/mol. The van der Waals surface area contributed by atoms with Gasteiger partial charge in [0.2, 0.25) is 11.8 Å². The molecular weight excluding hydrogens is 314 g/mol. The summed E-state index contributed by atoms with van der Waals surface area (Å²) in [6.07, 6.45) is 8.76. The normalized spacial score (nSPS) is 17.6. The summed E-state index contributed by atoms with van der Waals surface area (Å²) >= 11 is 6.07. The highest BCUT2D eigenvalue weighted by Gasteiger charge is 2.26. The fraction of sp³-hybridized carbons (Fsp3) is 0.235. The van der Waals surface area contributed by atoms with Crippen LogP contribution in [0.25, 0.3) is 6.08 Å². The first-order valence-corrected chi connectivity index (χ1v) is 7.74. The quantitative estimate of drug-likeness (QED) is 0.809. The number of amides is 1. The molecule has 1 aromatic carbocycles. The molecule has 3 rings (SSSR count). The number of ether oxygens (including phenoxy) is 1. The van der Waals surface area contributed by atoms with Crippen molar-refractivity contribution >= 4 is 23.6 Å². The van der Waals surface area contributed by atoms with E-state index in [1.807, 2.05) is 18.2 Å². The molecule has 1 amide bonds. The number of rotatable bonds is 4. The summed E-state index contributed by atoms with van der Waals surface area (Å²) in [6, 6.07) is 7.41. The summed E-state index contributed by atoms with van der Waals surface area (Å²) in [4.78, 5) is 22.0. The van der Waals surface area contributed by atoms with Crippen molar-refractivity contribution in [1.29, 1.82) is 0 Å². The van der Waals surface area contributed by atoms with Gasteiger partial charge in [-0.3, -0.25) is 9.78 Å². The van der Waals surface area contributed by atoms with Gasteiger partial charge in [0.15, 0.2) is 0 Å². The van der Waals surface area contributed by atoms with E-state index in [9.17, 15) is 4.79 Å². The van der Waals surface area contributed by atoms with Gasteiger partial charge in [-0.05, 0) is 17.7 Å². The SMILES string of the molecule is O=C(/C=C/c1ccccc1Cl)N1CCC(Oc2cnccn2)C1. The molecule has 23 heavy (non-hydrogen) atoms. The topological polar surface area (TPSA) is 55.3 Å². The second-order valence-electron chi connectivity index (χ2n) is 5.21. The summed E-state index contributed by atoms with van der Waals surface area (Å²) < 4.78 is 5.72. The van der Waals surface area contributed by atoms with E-state index in [1.54, 1.807) is 41.7 Å². The van der Waals surface area contributed by atoms with E-state index in [2.05, 4.69) is 9.97 Å². The predicted octanol–water partition coefficient (Wildman–Crippen LogP) is 2.82. The third kappa shape index (κ3) is 4.07. The molecule has 0 radical (unpaired) electrons. The van der Waals surface area contributed by atoms with E-state index >= 15 is 0 Å². The molecule has 1 fully saturated rings. The van der Waals surface area contributed by atoms with Crippen LogP contribution in [0.3, 0.4) is 0 Å². The molecule has 1 aliphatic rings. The molecule has 0 aliphatic carbocycles. The number of carbonyl (C=O) groups excluding carboxylic acids is 1. The Bertz CT molecular complexity index is 706. The molecule has 0 bridgehead atoms. The first-order chi connectivity index (χ1) is 11.2. The maximum absolute atomic E-state index is 12.2. The molecule has 1 unspecified atom stereocenters. The molecule has 1 saturated heterocycles. The molecule has 0 saturated carbocycles. The van der Waals surface area contributed by atoms with Crippen LogP contribution in [0, 0.1) is 0 Å². The standard InChI is InChI=1S/C17H16ClN3O2/c18-15-4-2-1-3-13(15)5-6-17(22)21-10-7-14(12-21)23-16-11-19-8-9-20-16/h1-6,8-9,11,14H,7,10,12H2/b6-5+.